The number of carbonyl (C=O) groups excluding carboxylic acids is 2. The van der Waals surface area contributed by atoms with Crippen LogP contribution < -0.4 is 10.2 Å². The van der Waals surface area contributed by atoms with Crippen LogP contribution >= 0.6 is 11.3 Å². The molecule has 0 aromatic carbocycles. The van der Waals surface area contributed by atoms with Crippen molar-refractivity contribution in [1.29, 1.82) is 0 Å². The Bertz CT molecular complexity index is 539. The first-order valence-electron chi connectivity index (χ1n) is 5.56. The number of hydrogen-bond acceptors (Lipinski definition) is 9. The van der Waals surface area contributed by atoms with Crippen LogP contribution in [0.1, 0.15) is 9.67 Å². The second kappa shape index (κ2) is 6.85. The van der Waals surface area contributed by atoms with E-state index in [2.05, 4.69) is 25.0 Å². The van der Waals surface area contributed by atoms with Crippen molar-refractivity contribution in [2.24, 2.45) is 5.16 Å². The van der Waals surface area contributed by atoms with Crippen molar-refractivity contribution >= 4 is 39.8 Å². The Hall–Kier alpha value is -2.16. The van der Waals surface area contributed by atoms with Gasteiger partial charge in [-0.3, -0.25) is 4.79 Å². The van der Waals surface area contributed by atoms with E-state index in [-0.39, 0.29) is 4.88 Å². The van der Waals surface area contributed by atoms with Crippen molar-refractivity contribution in [3.8, 4) is 0 Å². The van der Waals surface area contributed by atoms with Gasteiger partial charge in [0.25, 0.3) is 0 Å². The number of methoxy groups -OCH3 is 1. The number of rotatable bonds is 6. The van der Waals surface area contributed by atoms with Crippen molar-refractivity contribution in [2.45, 2.75) is 0 Å². The summed E-state index contributed by atoms with van der Waals surface area (Å²) in [6, 6.07) is 0. The van der Waals surface area contributed by atoms with E-state index < -0.39 is 17.5 Å². The van der Waals surface area contributed by atoms with Crippen molar-refractivity contribution in [2.75, 3.05) is 45.6 Å². The molecular weight excluding hydrogens is 284 g/mol. The maximum absolute atomic E-state index is 12.4. The molecule has 0 radical (unpaired) electrons. The molecule has 0 aliphatic heterocycles. The number of esters is 1. The zero-order chi connectivity index (χ0) is 15.3. The standard InChI is InChI=1S/C11H16N4O4S/c1-12-11-13-9(15(2)3)8(20-11)7(16)6(14-19-5)10(17)18-4/h1-5H3,(H,12,13)/b14-6-. The van der Waals surface area contributed by atoms with Gasteiger partial charge >= 0.3 is 5.97 Å². The minimum Gasteiger partial charge on any atom is -0.464 e. The van der Waals surface area contributed by atoms with Gasteiger partial charge in [-0.25, -0.2) is 9.78 Å². The van der Waals surface area contributed by atoms with Crippen LogP contribution in [0, 0.1) is 0 Å². The van der Waals surface area contributed by atoms with Gasteiger partial charge in [0.1, 0.15) is 12.0 Å². The molecule has 0 aliphatic carbocycles. The van der Waals surface area contributed by atoms with E-state index in [0.29, 0.717) is 10.9 Å². The third-order valence-electron chi connectivity index (χ3n) is 2.23. The molecule has 0 saturated carbocycles. The van der Waals surface area contributed by atoms with Crippen molar-refractivity contribution < 1.29 is 19.2 Å². The number of ketones is 1. The number of nitrogens with one attached hydrogen (secondary N) is 1. The van der Waals surface area contributed by atoms with Gasteiger partial charge in [-0.15, -0.1) is 0 Å². The van der Waals surface area contributed by atoms with E-state index in [9.17, 15) is 9.59 Å². The Kier molecular flexibility index (Phi) is 5.44. The summed E-state index contributed by atoms with van der Waals surface area (Å²) in [4.78, 5) is 34.7. The van der Waals surface area contributed by atoms with Crippen LogP contribution in [0.2, 0.25) is 0 Å². The second-order valence-electron chi connectivity index (χ2n) is 3.76. The molecule has 110 valence electrons. The molecule has 0 amide bonds. The molecular formula is C11H16N4O4S. The Morgan fingerprint density at radius 2 is 2.00 bits per heavy atom. The first-order valence-corrected chi connectivity index (χ1v) is 6.38. The average Bonchev–Trinajstić information content (AvgIpc) is 2.87. The SMILES string of the molecule is CNc1nc(N(C)C)c(C(=O)/C(=N/OC)C(=O)OC)s1. The summed E-state index contributed by atoms with van der Waals surface area (Å²) >= 11 is 1.12. The van der Waals surface area contributed by atoms with Crippen molar-refractivity contribution in [1.82, 2.24) is 4.98 Å². The number of anilines is 2. The van der Waals surface area contributed by atoms with Crippen LogP contribution in [0.5, 0.6) is 0 Å². The molecule has 1 N–H and O–H groups in total. The van der Waals surface area contributed by atoms with Gasteiger partial charge in [-0.2, -0.15) is 0 Å². The fourth-order valence-electron chi connectivity index (χ4n) is 1.34. The minimum absolute atomic E-state index is 0.278. The third-order valence-corrected chi connectivity index (χ3v) is 3.29. The number of carbonyl (C=O) groups is 2. The van der Waals surface area contributed by atoms with Gasteiger partial charge < -0.3 is 19.8 Å². The Balaban J connectivity index is 3.28. The maximum Gasteiger partial charge on any atom is 0.364 e. The Morgan fingerprint density at radius 1 is 1.35 bits per heavy atom. The summed E-state index contributed by atoms with van der Waals surface area (Å²) in [6.07, 6.45) is 0. The highest BCUT2D eigenvalue weighted by atomic mass is 32.1. The van der Waals surface area contributed by atoms with Crippen LogP contribution in [0.15, 0.2) is 5.16 Å². The highest BCUT2D eigenvalue weighted by Crippen LogP contribution is 2.29. The zero-order valence-electron chi connectivity index (χ0n) is 11.9. The first-order chi connectivity index (χ1) is 9.46. The van der Waals surface area contributed by atoms with E-state index in [1.807, 2.05) is 0 Å². The van der Waals surface area contributed by atoms with E-state index in [1.165, 1.54) is 14.2 Å². The predicted molar refractivity (Wildman–Crippen MR) is 76.8 cm³/mol. The van der Waals surface area contributed by atoms with E-state index in [0.717, 1.165) is 11.3 Å². The van der Waals surface area contributed by atoms with Gasteiger partial charge in [0.2, 0.25) is 11.5 Å². The monoisotopic (exact) mass is 300 g/mol. The van der Waals surface area contributed by atoms with Crippen LogP contribution in [0.25, 0.3) is 0 Å². The molecule has 8 nitrogen and oxygen atoms in total. The summed E-state index contributed by atoms with van der Waals surface area (Å²) in [5.74, 6) is -1.01. The minimum atomic E-state index is -0.860. The molecule has 0 aliphatic rings. The number of aromatic nitrogens is 1. The highest BCUT2D eigenvalue weighted by molar-refractivity contribution is 7.19. The van der Waals surface area contributed by atoms with Crippen molar-refractivity contribution in [3.05, 3.63) is 4.88 Å². The number of ether oxygens (including phenoxy) is 1. The maximum atomic E-state index is 12.4. The molecule has 1 aromatic rings. The van der Waals surface area contributed by atoms with Crippen LogP contribution in [0.3, 0.4) is 0 Å². The molecule has 0 unspecified atom stereocenters. The lowest BCUT2D eigenvalue weighted by Crippen LogP contribution is -2.26. The molecule has 0 bridgehead atoms. The lowest BCUT2D eigenvalue weighted by Gasteiger charge is -2.10. The zero-order valence-corrected chi connectivity index (χ0v) is 12.7. The quantitative estimate of drug-likeness (QED) is 0.270. The van der Waals surface area contributed by atoms with Crippen LogP contribution in [-0.4, -0.2) is 57.8 Å². The van der Waals surface area contributed by atoms with Gasteiger partial charge in [-0.1, -0.05) is 16.5 Å². The number of thiazole rings is 1. The summed E-state index contributed by atoms with van der Waals surface area (Å²) in [7, 11) is 7.60. The molecule has 1 rings (SSSR count). The van der Waals surface area contributed by atoms with Gasteiger partial charge in [0.15, 0.2) is 10.9 Å². The lowest BCUT2D eigenvalue weighted by molar-refractivity contribution is -0.132. The van der Waals surface area contributed by atoms with E-state index in [4.69, 9.17) is 0 Å². The number of nitrogens with zero attached hydrogens (tertiary/aromatic N) is 3. The second-order valence-corrected chi connectivity index (χ2v) is 4.76. The smallest absolute Gasteiger partial charge is 0.364 e. The number of Topliss-reactive ketones (excluding diaryl/α,β-unsaturated/α-hetero) is 1. The molecule has 0 fully saturated rings. The summed E-state index contributed by atoms with van der Waals surface area (Å²) in [6.45, 7) is 0. The number of oxime groups is 1. The molecule has 1 aromatic heterocycles. The topological polar surface area (TPSA) is 93.1 Å². The Morgan fingerprint density at radius 3 is 2.45 bits per heavy atom. The molecule has 0 saturated heterocycles. The molecule has 20 heavy (non-hydrogen) atoms. The summed E-state index contributed by atoms with van der Waals surface area (Å²) < 4.78 is 4.53. The van der Waals surface area contributed by atoms with Gasteiger partial charge in [0.05, 0.1) is 7.11 Å². The van der Waals surface area contributed by atoms with Gasteiger partial charge in [0, 0.05) is 21.1 Å². The third kappa shape index (κ3) is 3.23. The van der Waals surface area contributed by atoms with E-state index >= 15 is 0 Å². The van der Waals surface area contributed by atoms with Crippen LogP contribution in [-0.2, 0) is 14.4 Å². The summed E-state index contributed by atoms with van der Waals surface area (Å²) in [5, 5.41) is 6.85. The number of hydrogen-bond donors (Lipinski definition) is 1. The normalized spacial score (nSPS) is 10.9. The molecule has 1 heterocycles. The predicted octanol–water partition coefficient (Wildman–Crippen LogP) is 0.609. The average molecular weight is 300 g/mol. The van der Waals surface area contributed by atoms with E-state index in [1.54, 1.807) is 26.0 Å². The molecule has 0 spiro atoms. The molecule has 9 heteroatoms. The summed E-state index contributed by atoms with van der Waals surface area (Å²) in [5.41, 5.74) is -0.426. The fourth-order valence-corrected chi connectivity index (χ4v) is 2.27. The highest BCUT2D eigenvalue weighted by Gasteiger charge is 2.29. The lowest BCUT2D eigenvalue weighted by atomic mass is 10.2. The molecule has 0 atom stereocenters. The fraction of sp³-hybridized carbons (Fsp3) is 0.455. The first kappa shape index (κ1) is 15.9. The Labute approximate surface area is 120 Å². The largest absolute Gasteiger partial charge is 0.464 e. The van der Waals surface area contributed by atoms with Crippen molar-refractivity contribution in [3.63, 3.8) is 0 Å². The van der Waals surface area contributed by atoms with Gasteiger partial charge in [-0.05, 0) is 0 Å². The van der Waals surface area contributed by atoms with Crippen LogP contribution in [0.4, 0.5) is 10.9 Å².